The quantitative estimate of drug-likeness (QED) is 0.917. The Morgan fingerprint density at radius 3 is 2.80 bits per heavy atom. The second-order valence-electron chi connectivity index (χ2n) is 5.73. The Morgan fingerprint density at radius 2 is 2.20 bits per heavy atom. The van der Waals surface area contributed by atoms with E-state index in [0.29, 0.717) is 6.04 Å². The highest BCUT2D eigenvalue weighted by Gasteiger charge is 2.30. The van der Waals surface area contributed by atoms with Crippen LogP contribution >= 0.6 is 0 Å². The smallest absolute Gasteiger partial charge is 0.226 e. The maximum Gasteiger partial charge on any atom is 0.226 e. The van der Waals surface area contributed by atoms with Gasteiger partial charge in [-0.05, 0) is 50.4 Å². The number of amides is 1. The minimum atomic E-state index is 0.149. The molecule has 0 saturated carbocycles. The van der Waals surface area contributed by atoms with Crippen molar-refractivity contribution in [3.05, 3.63) is 30.1 Å². The molecule has 20 heavy (non-hydrogen) atoms. The van der Waals surface area contributed by atoms with E-state index in [9.17, 15) is 4.79 Å². The average Bonchev–Trinajstić information content (AvgIpc) is 2.48. The van der Waals surface area contributed by atoms with E-state index < -0.39 is 0 Å². The number of rotatable bonds is 4. The minimum Gasteiger partial charge on any atom is -0.338 e. The summed E-state index contributed by atoms with van der Waals surface area (Å²) in [5.74, 6) is 0.439. The third-order valence-corrected chi connectivity index (χ3v) is 4.27. The van der Waals surface area contributed by atoms with E-state index in [1.807, 2.05) is 24.1 Å². The third-order valence-electron chi connectivity index (χ3n) is 4.27. The predicted molar refractivity (Wildman–Crippen MR) is 80.2 cm³/mol. The van der Waals surface area contributed by atoms with Gasteiger partial charge in [-0.2, -0.15) is 0 Å². The normalized spacial score (nSPS) is 24.1. The number of nitrogens with one attached hydrogen (secondary N) is 1. The topological polar surface area (TPSA) is 45.2 Å². The van der Waals surface area contributed by atoms with Crippen LogP contribution < -0.4 is 5.32 Å². The number of carbonyl (C=O) groups excluding carboxylic acids is 1. The first kappa shape index (κ1) is 15.0. The summed E-state index contributed by atoms with van der Waals surface area (Å²) in [7, 11) is 1.93. The van der Waals surface area contributed by atoms with E-state index in [4.69, 9.17) is 0 Å². The summed E-state index contributed by atoms with van der Waals surface area (Å²) in [4.78, 5) is 18.7. The van der Waals surface area contributed by atoms with Gasteiger partial charge in [0.2, 0.25) is 5.91 Å². The molecule has 0 aromatic carbocycles. The second kappa shape index (κ2) is 6.84. The molecule has 4 heteroatoms. The molecular formula is C16H25N3O. The molecule has 1 amide bonds. The van der Waals surface area contributed by atoms with Crippen molar-refractivity contribution >= 4 is 5.91 Å². The zero-order valence-corrected chi connectivity index (χ0v) is 12.7. The Balaban J connectivity index is 2.08. The fourth-order valence-corrected chi connectivity index (χ4v) is 3.12. The molecule has 3 atom stereocenters. The number of carbonyl (C=O) groups is 1. The molecule has 1 fully saturated rings. The van der Waals surface area contributed by atoms with Crippen molar-refractivity contribution in [2.75, 3.05) is 13.6 Å². The van der Waals surface area contributed by atoms with Crippen LogP contribution in [0.4, 0.5) is 0 Å². The molecule has 0 radical (unpaired) electrons. The average molecular weight is 275 g/mol. The Hall–Kier alpha value is -1.42. The fourth-order valence-electron chi connectivity index (χ4n) is 3.12. The second-order valence-corrected chi connectivity index (χ2v) is 5.73. The maximum atomic E-state index is 12.7. The zero-order valence-electron chi connectivity index (χ0n) is 12.7. The first-order valence-corrected chi connectivity index (χ1v) is 7.53. The molecule has 1 unspecified atom stereocenters. The lowest BCUT2D eigenvalue weighted by Gasteiger charge is -2.34. The van der Waals surface area contributed by atoms with Gasteiger partial charge in [-0.3, -0.25) is 9.78 Å². The highest BCUT2D eigenvalue weighted by molar-refractivity contribution is 5.79. The van der Waals surface area contributed by atoms with Crippen molar-refractivity contribution in [2.24, 2.45) is 5.92 Å². The van der Waals surface area contributed by atoms with Gasteiger partial charge in [-0.1, -0.05) is 6.92 Å². The third kappa shape index (κ3) is 3.37. The van der Waals surface area contributed by atoms with Crippen molar-refractivity contribution in [3.63, 3.8) is 0 Å². The lowest BCUT2D eigenvalue weighted by atomic mass is 9.91. The van der Waals surface area contributed by atoms with Crippen LogP contribution in [0.25, 0.3) is 0 Å². The number of hydrogen-bond donors (Lipinski definition) is 1. The van der Waals surface area contributed by atoms with E-state index >= 15 is 0 Å². The molecular weight excluding hydrogens is 250 g/mol. The van der Waals surface area contributed by atoms with Crippen LogP contribution in [-0.4, -0.2) is 35.4 Å². The van der Waals surface area contributed by atoms with Gasteiger partial charge in [0.15, 0.2) is 0 Å². The fraction of sp³-hybridized carbons (Fsp3) is 0.625. The first-order chi connectivity index (χ1) is 9.63. The molecule has 1 aliphatic heterocycles. The molecule has 0 bridgehead atoms. The number of aromatic nitrogens is 1. The van der Waals surface area contributed by atoms with Crippen LogP contribution in [0.3, 0.4) is 0 Å². The number of nitrogens with zero attached hydrogens (tertiary/aromatic N) is 2. The number of hydrogen-bond acceptors (Lipinski definition) is 3. The van der Waals surface area contributed by atoms with Crippen molar-refractivity contribution in [1.82, 2.24) is 15.2 Å². The highest BCUT2D eigenvalue weighted by atomic mass is 16.2. The minimum absolute atomic E-state index is 0.149. The summed E-state index contributed by atoms with van der Waals surface area (Å²) in [5.41, 5.74) is 1.17. The Morgan fingerprint density at radius 1 is 1.50 bits per heavy atom. The maximum absolute atomic E-state index is 12.7. The summed E-state index contributed by atoms with van der Waals surface area (Å²) in [6.45, 7) is 5.22. The molecule has 0 aliphatic carbocycles. The number of piperidine rings is 1. The largest absolute Gasteiger partial charge is 0.338 e. The first-order valence-electron chi connectivity index (χ1n) is 7.53. The zero-order chi connectivity index (χ0) is 14.5. The molecule has 1 aliphatic rings. The lowest BCUT2D eigenvalue weighted by molar-refractivity contribution is -0.137. The van der Waals surface area contributed by atoms with Crippen molar-refractivity contribution in [1.29, 1.82) is 0 Å². The summed E-state index contributed by atoms with van der Waals surface area (Å²) in [6.07, 6.45) is 6.40. The summed E-state index contributed by atoms with van der Waals surface area (Å²) >= 11 is 0. The van der Waals surface area contributed by atoms with Gasteiger partial charge in [0.1, 0.15) is 0 Å². The van der Waals surface area contributed by atoms with E-state index in [2.05, 4.69) is 24.1 Å². The van der Waals surface area contributed by atoms with Crippen molar-refractivity contribution in [2.45, 2.75) is 45.2 Å². The molecule has 1 aromatic heterocycles. The van der Waals surface area contributed by atoms with Gasteiger partial charge in [0.05, 0.1) is 6.04 Å². The molecule has 0 spiro atoms. The molecule has 4 nitrogen and oxygen atoms in total. The van der Waals surface area contributed by atoms with Crippen LogP contribution in [0.15, 0.2) is 24.5 Å². The van der Waals surface area contributed by atoms with Crippen molar-refractivity contribution < 1.29 is 4.79 Å². The predicted octanol–water partition coefficient (Wildman–Crippen LogP) is 2.38. The molecule has 1 aromatic rings. The van der Waals surface area contributed by atoms with Gasteiger partial charge < -0.3 is 10.2 Å². The highest BCUT2D eigenvalue weighted by Crippen LogP contribution is 2.26. The van der Waals surface area contributed by atoms with E-state index in [1.165, 1.54) is 5.56 Å². The molecule has 2 rings (SSSR count). The van der Waals surface area contributed by atoms with Gasteiger partial charge >= 0.3 is 0 Å². The van der Waals surface area contributed by atoms with Gasteiger partial charge in [0, 0.05) is 31.4 Å². The van der Waals surface area contributed by atoms with Gasteiger partial charge in [-0.25, -0.2) is 0 Å². The lowest BCUT2D eigenvalue weighted by Crippen LogP contribution is -2.43. The van der Waals surface area contributed by atoms with Crippen LogP contribution in [0.5, 0.6) is 0 Å². The van der Waals surface area contributed by atoms with Crippen LogP contribution in [-0.2, 0) is 4.79 Å². The monoisotopic (exact) mass is 275 g/mol. The van der Waals surface area contributed by atoms with E-state index in [-0.39, 0.29) is 17.9 Å². The van der Waals surface area contributed by atoms with E-state index in [1.54, 1.807) is 12.4 Å². The molecule has 1 saturated heterocycles. The molecule has 2 heterocycles. The summed E-state index contributed by atoms with van der Waals surface area (Å²) in [6, 6.07) is 4.59. The number of pyridine rings is 1. The van der Waals surface area contributed by atoms with Gasteiger partial charge in [0.25, 0.3) is 0 Å². The summed E-state index contributed by atoms with van der Waals surface area (Å²) < 4.78 is 0. The standard InChI is InChI=1S/C16H25N3O/c1-4-15(13-5-8-17-9-6-13)19(3)16(20)14-7-10-18-12(2)11-14/h5-6,8-9,12,14-15,18H,4,7,10-11H2,1-3H3/t12-,14-,15?/m0/s1. The Labute approximate surface area is 121 Å². The van der Waals surface area contributed by atoms with Crippen molar-refractivity contribution in [3.8, 4) is 0 Å². The Bertz CT molecular complexity index is 435. The van der Waals surface area contributed by atoms with E-state index in [0.717, 1.165) is 25.8 Å². The SMILES string of the molecule is CCC(c1ccncc1)N(C)C(=O)[C@H]1CCN[C@@H](C)C1. The van der Waals surface area contributed by atoms with Crippen LogP contribution in [0.1, 0.15) is 44.7 Å². The summed E-state index contributed by atoms with van der Waals surface area (Å²) in [5, 5.41) is 3.40. The van der Waals surface area contributed by atoms with Crippen LogP contribution in [0.2, 0.25) is 0 Å². The molecule has 1 N–H and O–H groups in total. The van der Waals surface area contributed by atoms with Gasteiger partial charge in [-0.15, -0.1) is 0 Å². The molecule has 110 valence electrons. The Kier molecular flexibility index (Phi) is 5.12. The van der Waals surface area contributed by atoms with Crippen LogP contribution in [0, 0.1) is 5.92 Å².